The Morgan fingerprint density at radius 2 is 2.00 bits per heavy atom. The van der Waals surface area contributed by atoms with Crippen LogP contribution in [-0.4, -0.2) is 25.2 Å². The minimum atomic E-state index is -3.59. The quantitative estimate of drug-likeness (QED) is 0.887. The van der Waals surface area contributed by atoms with Crippen molar-refractivity contribution >= 4 is 10.0 Å². The first kappa shape index (κ1) is 15.7. The van der Waals surface area contributed by atoms with Gasteiger partial charge in [0.1, 0.15) is 10.7 Å². The lowest BCUT2D eigenvalue weighted by Gasteiger charge is -2.09. The largest absolute Gasteiger partial charge is 0.281 e. The van der Waals surface area contributed by atoms with E-state index in [-0.39, 0.29) is 17.3 Å². The number of aromatic nitrogens is 2. The van der Waals surface area contributed by atoms with Crippen LogP contribution < -0.4 is 4.72 Å². The van der Waals surface area contributed by atoms with Gasteiger partial charge in [0, 0.05) is 6.54 Å². The fourth-order valence-electron chi connectivity index (χ4n) is 2.27. The molecule has 1 heterocycles. The highest BCUT2D eigenvalue weighted by Crippen LogP contribution is 2.16. The zero-order valence-corrected chi connectivity index (χ0v) is 13.0. The number of halogens is 1. The number of aryl methyl sites for hydroxylation is 3. The van der Waals surface area contributed by atoms with Crippen molar-refractivity contribution in [2.24, 2.45) is 0 Å². The summed E-state index contributed by atoms with van der Waals surface area (Å²) < 4.78 is 40.0. The molecule has 5 nitrogen and oxygen atoms in total. The maximum atomic E-state index is 13.0. The van der Waals surface area contributed by atoms with Gasteiger partial charge in [-0.25, -0.2) is 17.5 Å². The van der Waals surface area contributed by atoms with Crippen molar-refractivity contribution in [1.29, 1.82) is 0 Å². The third kappa shape index (κ3) is 3.48. The van der Waals surface area contributed by atoms with E-state index < -0.39 is 10.0 Å². The summed E-state index contributed by atoms with van der Waals surface area (Å²) in [6, 6.07) is 4.49. The van der Waals surface area contributed by atoms with Crippen molar-refractivity contribution in [2.75, 3.05) is 6.54 Å². The van der Waals surface area contributed by atoms with Gasteiger partial charge >= 0.3 is 0 Å². The molecule has 2 N–H and O–H groups in total. The van der Waals surface area contributed by atoms with Crippen molar-refractivity contribution in [2.45, 2.75) is 32.1 Å². The molecule has 2 aromatic rings. The van der Waals surface area contributed by atoms with Crippen LogP contribution in [0, 0.1) is 26.6 Å². The molecular weight excluding hydrogens is 293 g/mol. The summed E-state index contributed by atoms with van der Waals surface area (Å²) in [5.74, 6) is -0.290. The Morgan fingerprint density at radius 3 is 2.57 bits per heavy atom. The average Bonchev–Trinajstić information content (AvgIpc) is 2.72. The lowest BCUT2D eigenvalue weighted by atomic mass is 10.1. The second kappa shape index (κ2) is 5.95. The highest BCUT2D eigenvalue weighted by molar-refractivity contribution is 7.89. The molecule has 0 saturated heterocycles. The van der Waals surface area contributed by atoms with E-state index in [1.165, 1.54) is 12.1 Å². The number of aromatic amines is 1. The number of benzene rings is 1. The Morgan fingerprint density at radius 1 is 1.29 bits per heavy atom. The lowest BCUT2D eigenvalue weighted by molar-refractivity contribution is 0.580. The molecule has 21 heavy (non-hydrogen) atoms. The summed E-state index contributed by atoms with van der Waals surface area (Å²) in [5, 5.41) is 6.54. The van der Waals surface area contributed by atoms with Gasteiger partial charge in [-0.05, 0) is 50.5 Å². The minimum Gasteiger partial charge on any atom is -0.281 e. The zero-order valence-electron chi connectivity index (χ0n) is 12.2. The molecule has 7 heteroatoms. The lowest BCUT2D eigenvalue weighted by Crippen LogP contribution is -2.27. The first-order chi connectivity index (χ1) is 9.81. The number of H-pyrrole nitrogens is 1. The molecule has 0 aliphatic carbocycles. The van der Waals surface area contributed by atoms with Crippen LogP contribution in [0.15, 0.2) is 23.1 Å². The second-order valence-corrected chi connectivity index (χ2v) is 6.69. The Balaban J connectivity index is 2.06. The fourth-order valence-corrected chi connectivity index (χ4v) is 3.67. The van der Waals surface area contributed by atoms with Crippen molar-refractivity contribution in [3.05, 3.63) is 46.5 Å². The molecule has 0 atom stereocenters. The highest BCUT2D eigenvalue weighted by atomic mass is 32.2. The summed E-state index contributed by atoms with van der Waals surface area (Å²) in [6.07, 6.45) is 0.501. The molecule has 1 aromatic heterocycles. The highest BCUT2D eigenvalue weighted by Gasteiger charge is 2.21. The van der Waals surface area contributed by atoms with Crippen molar-refractivity contribution in [3.63, 3.8) is 0 Å². The molecule has 0 bridgehead atoms. The first-order valence-corrected chi connectivity index (χ1v) is 8.06. The van der Waals surface area contributed by atoms with Crippen LogP contribution >= 0.6 is 0 Å². The summed E-state index contributed by atoms with van der Waals surface area (Å²) in [6.45, 7) is 5.36. The molecule has 114 valence electrons. The van der Waals surface area contributed by atoms with E-state index >= 15 is 0 Å². The van der Waals surface area contributed by atoms with Crippen LogP contribution in [-0.2, 0) is 16.4 Å². The summed E-state index contributed by atoms with van der Waals surface area (Å²) in [7, 11) is -3.59. The normalized spacial score (nSPS) is 11.8. The monoisotopic (exact) mass is 311 g/mol. The molecule has 0 unspecified atom stereocenters. The van der Waals surface area contributed by atoms with Crippen LogP contribution in [0.1, 0.15) is 22.5 Å². The number of nitrogens with one attached hydrogen (secondary N) is 2. The standard InChI is InChI=1S/C14H18FN3O2S/c1-9-8-13(15)5-4-12(9)6-7-16-21(19,20)14-10(2)17-18-11(14)3/h4-5,8,16H,6-7H2,1-3H3,(H,17,18). The van der Waals surface area contributed by atoms with Crippen molar-refractivity contribution < 1.29 is 12.8 Å². The fraction of sp³-hybridized carbons (Fsp3) is 0.357. The van der Waals surface area contributed by atoms with Crippen LogP contribution in [0.5, 0.6) is 0 Å². The van der Waals surface area contributed by atoms with Crippen molar-refractivity contribution in [3.8, 4) is 0 Å². The molecule has 0 aliphatic rings. The van der Waals surface area contributed by atoms with Crippen LogP contribution in [0.3, 0.4) is 0 Å². The van der Waals surface area contributed by atoms with E-state index in [0.717, 1.165) is 11.1 Å². The summed E-state index contributed by atoms with van der Waals surface area (Å²) in [5.41, 5.74) is 2.68. The SMILES string of the molecule is Cc1cc(F)ccc1CCNS(=O)(=O)c1c(C)n[nH]c1C. The molecular formula is C14H18FN3O2S. The average molecular weight is 311 g/mol. The van der Waals surface area contributed by atoms with Gasteiger partial charge in [0.15, 0.2) is 0 Å². The summed E-state index contributed by atoms with van der Waals surface area (Å²) >= 11 is 0. The molecule has 2 rings (SSSR count). The van der Waals surface area contributed by atoms with Crippen LogP contribution in [0.2, 0.25) is 0 Å². The molecule has 0 spiro atoms. The zero-order chi connectivity index (χ0) is 15.6. The van der Waals surface area contributed by atoms with Crippen molar-refractivity contribution in [1.82, 2.24) is 14.9 Å². The Bertz CT molecular complexity index is 734. The third-order valence-corrected chi connectivity index (χ3v) is 5.04. The Labute approximate surface area is 123 Å². The van der Waals surface area contributed by atoms with Gasteiger partial charge in [0.2, 0.25) is 10.0 Å². The van der Waals surface area contributed by atoms with Gasteiger partial charge in [0.05, 0.1) is 11.4 Å². The van der Waals surface area contributed by atoms with E-state index in [1.807, 2.05) is 0 Å². The maximum Gasteiger partial charge on any atom is 0.244 e. The number of rotatable bonds is 5. The third-order valence-electron chi connectivity index (χ3n) is 3.32. The van der Waals surface area contributed by atoms with Gasteiger partial charge in [-0.15, -0.1) is 0 Å². The smallest absolute Gasteiger partial charge is 0.244 e. The van der Waals surface area contributed by atoms with Gasteiger partial charge in [-0.1, -0.05) is 6.07 Å². The van der Waals surface area contributed by atoms with E-state index in [1.54, 1.807) is 26.8 Å². The van der Waals surface area contributed by atoms with E-state index in [0.29, 0.717) is 17.8 Å². The van der Waals surface area contributed by atoms with Gasteiger partial charge in [-0.2, -0.15) is 5.10 Å². The number of hydrogen-bond acceptors (Lipinski definition) is 3. The minimum absolute atomic E-state index is 0.193. The van der Waals surface area contributed by atoms with Gasteiger partial charge in [0.25, 0.3) is 0 Å². The molecule has 0 aliphatic heterocycles. The predicted octanol–water partition coefficient (Wildman–Crippen LogP) is 2.00. The molecule has 1 aromatic carbocycles. The number of sulfonamides is 1. The summed E-state index contributed by atoms with van der Waals surface area (Å²) in [4.78, 5) is 0.193. The Kier molecular flexibility index (Phi) is 4.43. The molecule has 0 amide bonds. The van der Waals surface area contributed by atoms with Gasteiger partial charge < -0.3 is 0 Å². The number of hydrogen-bond donors (Lipinski definition) is 2. The first-order valence-electron chi connectivity index (χ1n) is 6.57. The van der Waals surface area contributed by atoms with E-state index in [2.05, 4.69) is 14.9 Å². The predicted molar refractivity (Wildman–Crippen MR) is 78.1 cm³/mol. The van der Waals surface area contributed by atoms with Crippen LogP contribution in [0.25, 0.3) is 0 Å². The molecule has 0 fully saturated rings. The van der Waals surface area contributed by atoms with E-state index in [9.17, 15) is 12.8 Å². The maximum absolute atomic E-state index is 13.0. The topological polar surface area (TPSA) is 74.8 Å². The van der Waals surface area contributed by atoms with E-state index in [4.69, 9.17) is 0 Å². The van der Waals surface area contributed by atoms with Gasteiger partial charge in [-0.3, -0.25) is 5.10 Å². The van der Waals surface area contributed by atoms with Crippen LogP contribution in [0.4, 0.5) is 4.39 Å². The molecule has 0 radical (unpaired) electrons. The second-order valence-electron chi connectivity index (χ2n) is 4.98. The number of nitrogens with zero attached hydrogens (tertiary/aromatic N) is 1. The Hall–Kier alpha value is -1.73. The molecule has 0 saturated carbocycles.